The van der Waals surface area contributed by atoms with Crippen LogP contribution < -0.4 is 16.4 Å². The Morgan fingerprint density at radius 1 is 1.29 bits per heavy atom. The Kier molecular flexibility index (Phi) is 15.2. The van der Waals surface area contributed by atoms with Gasteiger partial charge in [-0.2, -0.15) is 0 Å². The molecule has 0 saturated carbocycles. The molecule has 6 nitrogen and oxygen atoms in total. The first-order valence-electron chi connectivity index (χ1n) is 4.11. The fourth-order valence-electron chi connectivity index (χ4n) is 0.604. The zero-order chi connectivity index (χ0) is 11.2. The van der Waals surface area contributed by atoms with E-state index in [4.69, 9.17) is 9.90 Å². The number of hydrogen-bond acceptors (Lipinski definition) is 4. The molecular weight excluding hydrogens is 186 g/mol. The molecule has 0 radical (unpaired) electrons. The Morgan fingerprint density at radius 2 is 1.50 bits per heavy atom. The van der Waals surface area contributed by atoms with E-state index in [1.807, 2.05) is 0 Å². The number of nitrogens with one attached hydrogen (secondary N) is 2. The predicted molar refractivity (Wildman–Crippen MR) is 53.8 cm³/mol. The smallest absolute Gasteiger partial charge is 0.327 e. The van der Waals surface area contributed by atoms with Crippen molar-refractivity contribution in [2.45, 2.75) is 0 Å². The Morgan fingerprint density at radius 3 is 1.57 bits per heavy atom. The molecular formula is C8H17N3O3. The maximum absolute atomic E-state index is 9.25. The highest BCUT2D eigenvalue weighted by Gasteiger charge is 1.91. The van der Waals surface area contributed by atoms with E-state index in [1.54, 1.807) is 0 Å². The Bertz CT molecular complexity index is 146. The summed E-state index contributed by atoms with van der Waals surface area (Å²) >= 11 is 0. The second-order valence-electron chi connectivity index (χ2n) is 2.18. The number of rotatable bonds is 1. The van der Waals surface area contributed by atoms with Gasteiger partial charge in [0.2, 0.25) is 6.41 Å². The van der Waals surface area contributed by atoms with Crippen LogP contribution in [0.3, 0.4) is 0 Å². The third kappa shape index (κ3) is 22.4. The van der Waals surface area contributed by atoms with Gasteiger partial charge in [0.25, 0.3) is 0 Å². The average molecular weight is 203 g/mol. The molecule has 0 aromatic rings. The molecule has 0 bridgehead atoms. The highest BCUT2D eigenvalue weighted by atomic mass is 16.4. The summed E-state index contributed by atoms with van der Waals surface area (Å²) in [4.78, 5) is 17.8. The largest absolute Gasteiger partial charge is 0.478 e. The normalized spacial score (nSPS) is 13.4. The highest BCUT2D eigenvalue weighted by molar-refractivity contribution is 5.78. The van der Waals surface area contributed by atoms with Crippen molar-refractivity contribution in [1.82, 2.24) is 10.6 Å². The second kappa shape index (κ2) is 14.1. The summed E-state index contributed by atoms with van der Waals surface area (Å²) < 4.78 is 0. The van der Waals surface area contributed by atoms with Crippen LogP contribution in [0.15, 0.2) is 12.7 Å². The first kappa shape index (κ1) is 15.1. The Hall–Kier alpha value is -1.40. The van der Waals surface area contributed by atoms with E-state index >= 15 is 0 Å². The van der Waals surface area contributed by atoms with Crippen LogP contribution in [0, 0.1) is 0 Å². The molecule has 1 saturated heterocycles. The molecule has 0 aromatic heterocycles. The minimum absolute atomic E-state index is 0.250. The van der Waals surface area contributed by atoms with Gasteiger partial charge >= 0.3 is 5.97 Å². The number of piperazine rings is 1. The summed E-state index contributed by atoms with van der Waals surface area (Å²) in [5.74, 6) is -0.981. The molecule has 1 amide bonds. The van der Waals surface area contributed by atoms with E-state index in [1.165, 1.54) is 0 Å². The van der Waals surface area contributed by atoms with Crippen molar-refractivity contribution in [1.29, 1.82) is 0 Å². The van der Waals surface area contributed by atoms with E-state index in [0.29, 0.717) is 0 Å². The van der Waals surface area contributed by atoms with Gasteiger partial charge in [-0.25, -0.2) is 4.79 Å². The molecule has 14 heavy (non-hydrogen) atoms. The highest BCUT2D eigenvalue weighted by Crippen LogP contribution is 1.65. The van der Waals surface area contributed by atoms with Crippen molar-refractivity contribution in [3.8, 4) is 0 Å². The molecule has 1 fully saturated rings. The fourth-order valence-corrected chi connectivity index (χ4v) is 0.604. The average Bonchev–Trinajstić information content (AvgIpc) is 2.22. The van der Waals surface area contributed by atoms with E-state index in [2.05, 4.69) is 22.9 Å². The zero-order valence-corrected chi connectivity index (χ0v) is 8.03. The molecule has 1 aliphatic heterocycles. The number of primary amides is 1. The van der Waals surface area contributed by atoms with Gasteiger partial charge in [-0.3, -0.25) is 4.79 Å². The number of nitrogens with two attached hydrogens (primary N) is 1. The number of carboxylic acid groups (broad SMARTS) is 1. The molecule has 0 atom stereocenters. The summed E-state index contributed by atoms with van der Waals surface area (Å²) in [6, 6.07) is 0. The van der Waals surface area contributed by atoms with Gasteiger partial charge in [-0.1, -0.05) is 6.58 Å². The number of carbonyl (C=O) groups excluding carboxylic acids is 1. The third-order valence-corrected chi connectivity index (χ3v) is 1.13. The van der Waals surface area contributed by atoms with Gasteiger partial charge in [-0.15, -0.1) is 0 Å². The molecule has 1 aliphatic rings. The van der Waals surface area contributed by atoms with Gasteiger partial charge in [0.1, 0.15) is 0 Å². The van der Waals surface area contributed by atoms with E-state index in [9.17, 15) is 4.79 Å². The van der Waals surface area contributed by atoms with E-state index < -0.39 is 5.97 Å². The molecule has 1 rings (SSSR count). The SMILES string of the molecule is C1CNCCN1.C=CC(=O)O.NC=O. The number of hydrogen-bond donors (Lipinski definition) is 4. The summed E-state index contributed by atoms with van der Waals surface area (Å²) in [6.07, 6.45) is 1.08. The van der Waals surface area contributed by atoms with Crippen molar-refractivity contribution < 1.29 is 14.7 Å². The first-order valence-corrected chi connectivity index (χ1v) is 4.11. The lowest BCUT2D eigenvalue weighted by atomic mass is 10.4. The van der Waals surface area contributed by atoms with Crippen molar-refractivity contribution in [2.75, 3.05) is 26.2 Å². The monoisotopic (exact) mass is 203 g/mol. The standard InChI is InChI=1S/C4H10N2.C3H4O2.CH3NO/c1-2-6-4-3-5-1;1-2-3(4)5;2-1-3/h5-6H,1-4H2;2H,1H2,(H,4,5);1H,(H2,2,3). The van der Waals surface area contributed by atoms with Crippen LogP contribution in [0.1, 0.15) is 0 Å². The first-order chi connectivity index (χ1) is 6.68. The van der Waals surface area contributed by atoms with Gasteiger partial charge in [-0.05, 0) is 0 Å². The number of carbonyl (C=O) groups is 2. The maximum atomic E-state index is 9.25. The van der Waals surface area contributed by atoms with Gasteiger partial charge in [0, 0.05) is 32.3 Å². The fraction of sp³-hybridized carbons (Fsp3) is 0.500. The van der Waals surface area contributed by atoms with Crippen LogP contribution in [-0.2, 0) is 9.59 Å². The van der Waals surface area contributed by atoms with Crippen molar-refractivity contribution in [3.63, 3.8) is 0 Å². The molecule has 0 aromatic carbocycles. The van der Waals surface area contributed by atoms with Crippen molar-refractivity contribution in [2.24, 2.45) is 5.73 Å². The molecule has 0 unspecified atom stereocenters. The molecule has 0 spiro atoms. The minimum Gasteiger partial charge on any atom is -0.478 e. The maximum Gasteiger partial charge on any atom is 0.327 e. The topological polar surface area (TPSA) is 104 Å². The van der Waals surface area contributed by atoms with Crippen LogP contribution in [0.5, 0.6) is 0 Å². The van der Waals surface area contributed by atoms with Crippen LogP contribution in [0.25, 0.3) is 0 Å². The van der Waals surface area contributed by atoms with Crippen LogP contribution in [0.4, 0.5) is 0 Å². The number of aliphatic carboxylic acids is 1. The third-order valence-electron chi connectivity index (χ3n) is 1.13. The Labute approximate surface area is 83.2 Å². The Balaban J connectivity index is 0. The molecule has 1 heterocycles. The lowest BCUT2D eigenvalue weighted by molar-refractivity contribution is -0.131. The molecule has 82 valence electrons. The summed E-state index contributed by atoms with van der Waals surface area (Å²) in [7, 11) is 0. The second-order valence-corrected chi connectivity index (χ2v) is 2.18. The van der Waals surface area contributed by atoms with Gasteiger partial charge in [0.05, 0.1) is 0 Å². The van der Waals surface area contributed by atoms with Gasteiger partial charge in [0.15, 0.2) is 0 Å². The zero-order valence-electron chi connectivity index (χ0n) is 8.03. The van der Waals surface area contributed by atoms with Gasteiger partial charge < -0.3 is 21.5 Å². The molecule has 5 N–H and O–H groups in total. The lowest BCUT2D eigenvalue weighted by Crippen LogP contribution is -2.39. The minimum atomic E-state index is -0.981. The number of carboxylic acids is 1. The van der Waals surface area contributed by atoms with Crippen LogP contribution >= 0.6 is 0 Å². The van der Waals surface area contributed by atoms with Crippen molar-refractivity contribution in [3.05, 3.63) is 12.7 Å². The van der Waals surface area contributed by atoms with Crippen LogP contribution in [-0.4, -0.2) is 43.7 Å². The summed E-state index contributed by atoms with van der Waals surface area (Å²) in [6.45, 7) is 7.52. The lowest BCUT2D eigenvalue weighted by Gasteiger charge is -2.11. The van der Waals surface area contributed by atoms with Crippen LogP contribution in [0.2, 0.25) is 0 Å². The quantitative estimate of drug-likeness (QED) is 0.308. The predicted octanol–water partition coefficient (Wildman–Crippen LogP) is -1.46. The molecule has 0 aliphatic carbocycles. The van der Waals surface area contributed by atoms with E-state index in [-0.39, 0.29) is 6.41 Å². The molecule has 6 heteroatoms. The van der Waals surface area contributed by atoms with E-state index in [0.717, 1.165) is 32.3 Å². The summed E-state index contributed by atoms with van der Waals surface area (Å²) in [5, 5.41) is 14.0. The summed E-state index contributed by atoms with van der Waals surface area (Å²) in [5.41, 5.74) is 4.17. The number of amides is 1. The van der Waals surface area contributed by atoms with Crippen molar-refractivity contribution >= 4 is 12.4 Å².